The highest BCUT2D eigenvalue weighted by Gasteiger charge is 2.18. The number of nitrogens with zero attached hydrogens (tertiary/aromatic N) is 1. The molecular formula is C18H25N3O4S2. The normalized spacial score (nSPS) is 12.0. The fourth-order valence-corrected chi connectivity index (χ4v) is 4.10. The fraction of sp³-hybridized carbons (Fsp3) is 0.333. The summed E-state index contributed by atoms with van der Waals surface area (Å²) in [7, 11) is -3.60. The summed E-state index contributed by atoms with van der Waals surface area (Å²) in [6, 6.07) is 12.1. The number of sulfone groups is 1. The highest BCUT2D eigenvalue weighted by Crippen LogP contribution is 2.24. The van der Waals surface area contributed by atoms with Crippen LogP contribution in [0.15, 0.2) is 52.3 Å². The van der Waals surface area contributed by atoms with Crippen LogP contribution in [0.1, 0.15) is 12.0 Å². The molecule has 0 fully saturated rings. The Bertz CT molecular complexity index is 999. The lowest BCUT2D eigenvalue weighted by Gasteiger charge is -2.13. The van der Waals surface area contributed by atoms with Crippen LogP contribution in [0.5, 0.6) is 0 Å². The Morgan fingerprint density at radius 3 is 2.15 bits per heavy atom. The van der Waals surface area contributed by atoms with Crippen molar-refractivity contribution in [2.24, 2.45) is 5.14 Å². The highest BCUT2D eigenvalue weighted by molar-refractivity contribution is 7.91. The van der Waals surface area contributed by atoms with Gasteiger partial charge in [0, 0.05) is 32.6 Å². The molecule has 0 unspecified atom stereocenters. The van der Waals surface area contributed by atoms with E-state index >= 15 is 0 Å². The third-order valence-electron chi connectivity index (χ3n) is 4.09. The van der Waals surface area contributed by atoms with Crippen LogP contribution in [0.3, 0.4) is 0 Å². The van der Waals surface area contributed by atoms with E-state index in [2.05, 4.69) is 29.6 Å². The average molecular weight is 412 g/mol. The first kappa shape index (κ1) is 21.2. The molecule has 27 heavy (non-hydrogen) atoms. The van der Waals surface area contributed by atoms with E-state index in [1.54, 1.807) is 0 Å². The molecule has 0 bridgehead atoms. The third kappa shape index (κ3) is 5.95. The number of benzene rings is 2. The fourth-order valence-electron chi connectivity index (χ4n) is 2.61. The van der Waals surface area contributed by atoms with Crippen molar-refractivity contribution in [2.45, 2.75) is 22.6 Å². The van der Waals surface area contributed by atoms with Gasteiger partial charge in [-0.05, 0) is 48.7 Å². The Labute approximate surface area is 161 Å². The van der Waals surface area contributed by atoms with E-state index in [-0.39, 0.29) is 9.79 Å². The quantitative estimate of drug-likeness (QED) is 0.642. The molecule has 7 nitrogen and oxygen atoms in total. The van der Waals surface area contributed by atoms with Gasteiger partial charge in [-0.2, -0.15) is 0 Å². The predicted molar refractivity (Wildman–Crippen MR) is 109 cm³/mol. The molecule has 0 amide bonds. The second kappa shape index (κ2) is 8.28. The Kier molecular flexibility index (Phi) is 6.50. The van der Waals surface area contributed by atoms with Gasteiger partial charge in [0.15, 0.2) is 9.84 Å². The van der Waals surface area contributed by atoms with E-state index in [0.717, 1.165) is 30.9 Å². The van der Waals surface area contributed by atoms with Gasteiger partial charge in [0.1, 0.15) is 0 Å². The second-order valence-corrected chi connectivity index (χ2v) is 10.1. The second-order valence-electron chi connectivity index (χ2n) is 6.57. The zero-order valence-electron chi connectivity index (χ0n) is 15.6. The lowest BCUT2D eigenvalue weighted by atomic mass is 10.1. The standard InChI is InChI=1S/C18H25N3O4S2/c1-21(2)15-8-6-14(7-9-15)5-4-12-20-17-11-10-16(27(19,24)25)13-18(17)26(3,22)23/h6-11,13,20H,4-5,12H2,1-3H3,(H2,19,24,25). The van der Waals surface area contributed by atoms with Gasteiger partial charge in [0.05, 0.1) is 15.5 Å². The maximum Gasteiger partial charge on any atom is 0.238 e. The van der Waals surface area contributed by atoms with Gasteiger partial charge in [-0.3, -0.25) is 0 Å². The van der Waals surface area contributed by atoms with Crippen molar-refractivity contribution in [1.82, 2.24) is 0 Å². The largest absolute Gasteiger partial charge is 0.384 e. The van der Waals surface area contributed by atoms with E-state index < -0.39 is 19.9 Å². The topological polar surface area (TPSA) is 110 Å². The zero-order chi connectivity index (χ0) is 20.2. The van der Waals surface area contributed by atoms with Crippen molar-refractivity contribution >= 4 is 31.2 Å². The minimum absolute atomic E-state index is 0.0793. The Morgan fingerprint density at radius 2 is 1.63 bits per heavy atom. The number of aryl methyl sites for hydroxylation is 1. The van der Waals surface area contributed by atoms with E-state index in [9.17, 15) is 16.8 Å². The predicted octanol–water partition coefficient (Wildman–Crippen LogP) is 1.85. The molecule has 0 saturated heterocycles. The van der Waals surface area contributed by atoms with Crippen LogP contribution in [0, 0.1) is 0 Å². The lowest BCUT2D eigenvalue weighted by molar-refractivity contribution is 0.597. The summed E-state index contributed by atoms with van der Waals surface area (Å²) >= 11 is 0. The van der Waals surface area contributed by atoms with Crippen molar-refractivity contribution < 1.29 is 16.8 Å². The Morgan fingerprint density at radius 1 is 1.00 bits per heavy atom. The van der Waals surface area contributed by atoms with Crippen LogP contribution in [0.4, 0.5) is 11.4 Å². The number of nitrogens with one attached hydrogen (secondary N) is 1. The summed E-state index contributed by atoms with van der Waals surface area (Å²) in [6.07, 6.45) is 2.67. The van der Waals surface area contributed by atoms with Gasteiger partial charge >= 0.3 is 0 Å². The molecule has 2 aromatic rings. The number of anilines is 2. The monoisotopic (exact) mass is 411 g/mol. The summed E-state index contributed by atoms with van der Waals surface area (Å²) < 4.78 is 46.9. The molecule has 0 aromatic heterocycles. The van der Waals surface area contributed by atoms with Crippen LogP contribution in [-0.2, 0) is 26.3 Å². The smallest absolute Gasteiger partial charge is 0.238 e. The molecular weight excluding hydrogens is 386 g/mol. The number of hydrogen-bond acceptors (Lipinski definition) is 6. The van der Waals surface area contributed by atoms with Crippen molar-refractivity contribution in [3.8, 4) is 0 Å². The first-order valence-corrected chi connectivity index (χ1v) is 11.8. The molecule has 0 radical (unpaired) electrons. The van der Waals surface area contributed by atoms with Gasteiger partial charge in [-0.25, -0.2) is 22.0 Å². The van der Waals surface area contributed by atoms with Gasteiger partial charge < -0.3 is 10.2 Å². The molecule has 3 N–H and O–H groups in total. The van der Waals surface area contributed by atoms with Crippen LogP contribution in [0.2, 0.25) is 0 Å². The first-order chi connectivity index (χ1) is 12.5. The maximum atomic E-state index is 12.0. The van der Waals surface area contributed by atoms with E-state index in [1.165, 1.54) is 17.7 Å². The molecule has 0 atom stereocenters. The maximum absolute atomic E-state index is 12.0. The SMILES string of the molecule is CN(C)c1ccc(CCCNc2ccc(S(N)(=O)=O)cc2S(C)(=O)=O)cc1. The van der Waals surface area contributed by atoms with Gasteiger partial charge in [0.2, 0.25) is 10.0 Å². The lowest BCUT2D eigenvalue weighted by Crippen LogP contribution is -2.14. The number of hydrogen-bond donors (Lipinski definition) is 2. The molecule has 148 valence electrons. The minimum atomic E-state index is -3.97. The number of primary sulfonamides is 1. The molecule has 0 aliphatic rings. The highest BCUT2D eigenvalue weighted by atomic mass is 32.2. The van der Waals surface area contributed by atoms with Crippen LogP contribution in [0.25, 0.3) is 0 Å². The molecule has 0 saturated carbocycles. The summed E-state index contributed by atoms with van der Waals surface area (Å²) in [4.78, 5) is 1.72. The molecule has 0 heterocycles. The van der Waals surface area contributed by atoms with Gasteiger partial charge in [-0.15, -0.1) is 0 Å². The molecule has 2 aromatic carbocycles. The van der Waals surface area contributed by atoms with Crippen molar-refractivity contribution in [3.05, 3.63) is 48.0 Å². The summed E-state index contributed by atoms with van der Waals surface area (Å²) in [6.45, 7) is 0.548. The van der Waals surface area contributed by atoms with Crippen molar-refractivity contribution in [2.75, 3.05) is 37.1 Å². The van der Waals surface area contributed by atoms with Gasteiger partial charge in [-0.1, -0.05) is 12.1 Å². The molecule has 9 heteroatoms. The van der Waals surface area contributed by atoms with Gasteiger partial charge in [0.25, 0.3) is 0 Å². The van der Waals surface area contributed by atoms with Crippen LogP contribution < -0.4 is 15.4 Å². The van der Waals surface area contributed by atoms with E-state index in [4.69, 9.17) is 5.14 Å². The number of rotatable bonds is 8. The number of sulfonamides is 1. The summed E-state index contributed by atoms with van der Waals surface area (Å²) in [5.41, 5.74) is 2.69. The van der Waals surface area contributed by atoms with Crippen LogP contribution in [-0.4, -0.2) is 43.7 Å². The Hall–Kier alpha value is -2.10. The number of nitrogens with two attached hydrogens (primary N) is 1. The minimum Gasteiger partial charge on any atom is -0.384 e. The first-order valence-electron chi connectivity index (χ1n) is 8.35. The summed E-state index contributed by atoms with van der Waals surface area (Å²) in [5.74, 6) is 0. The third-order valence-corrected chi connectivity index (χ3v) is 6.14. The Balaban J connectivity index is 2.05. The molecule has 0 spiro atoms. The van der Waals surface area contributed by atoms with Crippen molar-refractivity contribution in [3.63, 3.8) is 0 Å². The van der Waals surface area contributed by atoms with E-state index in [1.807, 2.05) is 19.0 Å². The molecule has 2 rings (SSSR count). The zero-order valence-corrected chi connectivity index (χ0v) is 17.3. The van der Waals surface area contributed by atoms with Crippen LogP contribution >= 0.6 is 0 Å². The summed E-state index contributed by atoms with van der Waals surface area (Å²) in [5, 5.41) is 8.16. The average Bonchev–Trinajstić information content (AvgIpc) is 2.57. The molecule has 0 aliphatic carbocycles. The molecule has 0 aliphatic heterocycles. The van der Waals surface area contributed by atoms with Crippen molar-refractivity contribution in [1.29, 1.82) is 0 Å². The van der Waals surface area contributed by atoms with E-state index in [0.29, 0.717) is 12.2 Å².